The molecule has 5 heterocycles. The van der Waals surface area contributed by atoms with Gasteiger partial charge in [0, 0.05) is 22.3 Å². The maximum absolute atomic E-state index is 5.37. The molecule has 4 heteroatoms. The van der Waals surface area contributed by atoms with Gasteiger partial charge in [0.2, 0.25) is 0 Å². The average Bonchev–Trinajstić information content (AvgIpc) is 3.99. The number of fused-ring (bicyclic) bond motifs is 4. The number of hydrogen-bond donors (Lipinski definition) is 0. The predicted octanol–water partition coefficient (Wildman–Crippen LogP) is 10.9. The summed E-state index contributed by atoms with van der Waals surface area (Å²) in [6.07, 6.45) is 17.0. The predicted molar refractivity (Wildman–Crippen MR) is 219 cm³/mol. The molecule has 5 aliphatic rings. The van der Waals surface area contributed by atoms with Crippen LogP contribution in [0.4, 0.5) is 0 Å². The Bertz CT molecular complexity index is 2200. The fraction of sp³-hybridized carbons (Fsp3) is 0.0833. The SMILES string of the molecule is Cc1ccc(C2=C3C=CC(=N3)C(c3ccc(C)cc3)=C3C=CC(=N3)C(c3ccc(C)cc3)=C3C=CC(=N3)C(c3ccc(C)cc3)=C3C=CC2=N3)cc1. The lowest BCUT2D eigenvalue weighted by molar-refractivity contribution is 1.39. The largest absolute Gasteiger partial charge is 0.248 e. The van der Waals surface area contributed by atoms with E-state index in [9.17, 15) is 0 Å². The molecule has 0 saturated carbocycles. The van der Waals surface area contributed by atoms with Crippen LogP contribution in [0.25, 0.3) is 22.3 Å². The van der Waals surface area contributed by atoms with Crippen LogP contribution in [-0.2, 0) is 0 Å². The summed E-state index contributed by atoms with van der Waals surface area (Å²) in [5.74, 6) is 0. The quantitative estimate of drug-likeness (QED) is 0.208. The Morgan fingerprint density at radius 2 is 0.442 bits per heavy atom. The zero-order valence-corrected chi connectivity index (χ0v) is 29.6. The van der Waals surface area contributed by atoms with Crippen molar-refractivity contribution in [1.82, 2.24) is 0 Å². The Kier molecular flexibility index (Phi) is 7.66. The molecule has 4 nitrogen and oxygen atoms in total. The lowest BCUT2D eigenvalue weighted by Gasteiger charge is -2.13. The Balaban J connectivity index is 1.36. The first-order valence-electron chi connectivity index (χ1n) is 17.7. The molecule has 0 N–H and O–H groups in total. The van der Waals surface area contributed by atoms with Gasteiger partial charge in [-0.3, -0.25) is 0 Å². The molecule has 0 atom stereocenters. The minimum Gasteiger partial charge on any atom is -0.248 e. The first-order valence-corrected chi connectivity index (χ1v) is 17.7. The van der Waals surface area contributed by atoms with E-state index in [2.05, 4.69) is 173 Å². The number of hydrogen-bond acceptors (Lipinski definition) is 4. The average molecular weight is 669 g/mol. The number of nitrogens with zero attached hydrogens (tertiary/aromatic N) is 4. The van der Waals surface area contributed by atoms with Gasteiger partial charge in [-0.2, -0.15) is 0 Å². The molecule has 0 saturated heterocycles. The fourth-order valence-electron chi connectivity index (χ4n) is 7.15. The number of aryl methyl sites for hydroxylation is 4. The summed E-state index contributed by atoms with van der Waals surface area (Å²) >= 11 is 0. The van der Waals surface area contributed by atoms with Gasteiger partial charge in [0.15, 0.2) is 0 Å². The minimum atomic E-state index is 0.865. The van der Waals surface area contributed by atoms with E-state index in [-0.39, 0.29) is 0 Å². The van der Waals surface area contributed by atoms with Crippen molar-refractivity contribution < 1.29 is 0 Å². The monoisotopic (exact) mass is 668 g/mol. The normalized spacial score (nSPS) is 17.5. The van der Waals surface area contributed by atoms with E-state index in [1.54, 1.807) is 0 Å². The summed E-state index contributed by atoms with van der Waals surface area (Å²) in [6, 6.07) is 34.5. The van der Waals surface area contributed by atoms with Gasteiger partial charge < -0.3 is 0 Å². The van der Waals surface area contributed by atoms with E-state index in [0.29, 0.717) is 0 Å². The van der Waals surface area contributed by atoms with Crippen LogP contribution < -0.4 is 0 Å². The van der Waals surface area contributed by atoms with Gasteiger partial charge in [0.1, 0.15) is 0 Å². The van der Waals surface area contributed by atoms with Crippen molar-refractivity contribution in [2.75, 3.05) is 0 Å². The topological polar surface area (TPSA) is 49.4 Å². The van der Waals surface area contributed by atoms with Crippen LogP contribution in [0, 0.1) is 27.7 Å². The smallest absolute Gasteiger partial charge is 0.0738 e. The minimum absolute atomic E-state index is 0.865. The van der Waals surface area contributed by atoms with Crippen LogP contribution in [0.15, 0.2) is 188 Å². The van der Waals surface area contributed by atoms with E-state index in [1.807, 2.05) is 0 Å². The highest BCUT2D eigenvalue weighted by Gasteiger charge is 2.27. The summed E-state index contributed by atoms with van der Waals surface area (Å²) in [6.45, 7) is 8.45. The Hall–Kier alpha value is -6.52. The highest BCUT2D eigenvalue weighted by molar-refractivity contribution is 6.39. The van der Waals surface area contributed by atoms with Crippen molar-refractivity contribution >= 4 is 45.1 Å². The van der Waals surface area contributed by atoms with Crippen molar-refractivity contribution in [1.29, 1.82) is 0 Å². The molecule has 0 spiro atoms. The molecule has 0 aromatic heterocycles. The van der Waals surface area contributed by atoms with Gasteiger partial charge in [-0.1, -0.05) is 119 Å². The number of aliphatic imine (C=N–C) groups is 4. The highest BCUT2D eigenvalue weighted by atomic mass is 14.9. The lowest BCUT2D eigenvalue weighted by atomic mass is 9.97. The van der Waals surface area contributed by atoms with Crippen LogP contribution in [0.2, 0.25) is 0 Å². The fourth-order valence-corrected chi connectivity index (χ4v) is 7.15. The van der Waals surface area contributed by atoms with Crippen LogP contribution >= 0.6 is 0 Å². The summed E-state index contributed by atoms with van der Waals surface area (Å²) in [4.78, 5) is 21.5. The molecule has 4 aromatic carbocycles. The van der Waals surface area contributed by atoms with Gasteiger partial charge in [0.05, 0.1) is 45.6 Å². The molecule has 248 valence electrons. The van der Waals surface area contributed by atoms with Crippen LogP contribution in [0.1, 0.15) is 44.5 Å². The second-order valence-corrected chi connectivity index (χ2v) is 13.8. The highest BCUT2D eigenvalue weighted by Crippen LogP contribution is 2.38. The molecule has 0 fully saturated rings. The third-order valence-corrected chi connectivity index (χ3v) is 9.97. The molecule has 5 aliphatic heterocycles. The molecular weight excluding hydrogens is 633 g/mol. The number of benzene rings is 4. The molecule has 9 rings (SSSR count). The zero-order chi connectivity index (χ0) is 35.3. The molecule has 0 radical (unpaired) electrons. The van der Waals surface area contributed by atoms with Crippen molar-refractivity contribution in [2.45, 2.75) is 27.7 Å². The summed E-state index contributed by atoms with van der Waals surface area (Å²) in [7, 11) is 0. The Morgan fingerprint density at radius 1 is 0.250 bits per heavy atom. The van der Waals surface area contributed by atoms with Crippen molar-refractivity contribution in [3.8, 4) is 0 Å². The number of allylic oxidation sites excluding steroid dienone is 12. The van der Waals surface area contributed by atoms with Crippen molar-refractivity contribution in [3.05, 3.63) is 213 Å². The maximum Gasteiger partial charge on any atom is 0.0738 e. The molecule has 8 bridgehead atoms. The standard InChI is InChI=1S/C48H36N4/c1-29-5-13-33(14-6-29)45-37-21-23-39(49-37)46(34-15-7-30(2)8-16-34)41-25-27-43(51-41)48(36-19-11-32(4)12-20-36)44-28-26-42(52-44)47(40-24-22-38(45)50-40)35-17-9-31(3)10-18-35/h5-28H,1-4H3. The molecule has 0 aliphatic carbocycles. The van der Waals surface area contributed by atoms with E-state index in [4.69, 9.17) is 20.0 Å². The van der Waals surface area contributed by atoms with Gasteiger partial charge in [-0.15, -0.1) is 0 Å². The second kappa shape index (κ2) is 12.7. The second-order valence-electron chi connectivity index (χ2n) is 13.8. The van der Waals surface area contributed by atoms with E-state index < -0.39 is 0 Å². The molecule has 0 unspecified atom stereocenters. The van der Waals surface area contributed by atoms with Gasteiger partial charge >= 0.3 is 0 Å². The molecule has 0 amide bonds. The van der Waals surface area contributed by atoms with Crippen molar-refractivity contribution in [3.63, 3.8) is 0 Å². The Labute approximate surface area is 304 Å². The summed E-state index contributed by atoms with van der Waals surface area (Å²) in [5, 5.41) is 0. The summed E-state index contributed by atoms with van der Waals surface area (Å²) < 4.78 is 0. The number of rotatable bonds is 4. The first kappa shape index (κ1) is 31.5. The third kappa shape index (κ3) is 5.69. The summed E-state index contributed by atoms with van der Waals surface area (Å²) in [5.41, 5.74) is 19.9. The molecule has 52 heavy (non-hydrogen) atoms. The van der Waals surface area contributed by atoms with Crippen molar-refractivity contribution in [2.24, 2.45) is 20.0 Å². The van der Waals surface area contributed by atoms with Crippen LogP contribution in [0.5, 0.6) is 0 Å². The van der Waals surface area contributed by atoms with Gasteiger partial charge in [0.25, 0.3) is 0 Å². The third-order valence-electron chi connectivity index (χ3n) is 9.97. The molecule has 4 aromatic rings. The zero-order valence-electron chi connectivity index (χ0n) is 29.6. The van der Waals surface area contributed by atoms with Gasteiger partial charge in [-0.25, -0.2) is 20.0 Å². The van der Waals surface area contributed by atoms with Crippen LogP contribution in [-0.4, -0.2) is 22.8 Å². The first-order chi connectivity index (χ1) is 25.4. The van der Waals surface area contributed by atoms with Crippen LogP contribution in [0.3, 0.4) is 0 Å². The van der Waals surface area contributed by atoms with E-state index in [0.717, 1.165) is 90.2 Å². The van der Waals surface area contributed by atoms with E-state index >= 15 is 0 Å². The Morgan fingerprint density at radius 3 is 0.635 bits per heavy atom. The maximum atomic E-state index is 5.37. The van der Waals surface area contributed by atoms with E-state index in [1.165, 1.54) is 22.3 Å². The van der Waals surface area contributed by atoms with Gasteiger partial charge in [-0.05, 0) is 98.6 Å². The molecular formula is C48H36N4. The lowest BCUT2D eigenvalue weighted by Crippen LogP contribution is -2.04.